The molecule has 0 unspecified atom stereocenters. The summed E-state index contributed by atoms with van der Waals surface area (Å²) in [5.74, 6) is 1.59. The number of ether oxygens (including phenoxy) is 3. The molecule has 7 nitrogen and oxygen atoms in total. The maximum Gasteiger partial charge on any atom is 0.325 e. The average Bonchev–Trinajstić information content (AvgIpc) is 3.16. The monoisotopic (exact) mass is 399 g/mol. The van der Waals surface area contributed by atoms with Crippen LogP contribution in [0.3, 0.4) is 0 Å². The molecule has 0 radical (unpaired) electrons. The molecular formula is C20H21N3O4S. The maximum atomic E-state index is 12.2. The van der Waals surface area contributed by atoms with Crippen LogP contribution in [-0.2, 0) is 0 Å². The van der Waals surface area contributed by atoms with Crippen molar-refractivity contribution in [2.24, 2.45) is 0 Å². The molecule has 1 heterocycles. The van der Waals surface area contributed by atoms with Crippen LogP contribution in [0, 0.1) is 6.92 Å². The molecule has 0 spiro atoms. The van der Waals surface area contributed by atoms with E-state index in [0.29, 0.717) is 33.8 Å². The van der Waals surface area contributed by atoms with Gasteiger partial charge in [0.1, 0.15) is 0 Å². The number of aryl methyl sites for hydroxylation is 1. The Morgan fingerprint density at radius 2 is 1.61 bits per heavy atom. The lowest BCUT2D eigenvalue weighted by molar-refractivity contribution is 0.262. The zero-order chi connectivity index (χ0) is 20.1. The molecule has 8 heteroatoms. The third-order valence-electron chi connectivity index (χ3n) is 3.99. The summed E-state index contributed by atoms with van der Waals surface area (Å²) >= 11 is 1.33. The van der Waals surface area contributed by atoms with Crippen LogP contribution < -0.4 is 24.8 Å². The second-order valence-electron chi connectivity index (χ2n) is 5.90. The van der Waals surface area contributed by atoms with E-state index in [1.807, 2.05) is 48.7 Å². The molecule has 0 aliphatic carbocycles. The van der Waals surface area contributed by atoms with Gasteiger partial charge in [0.15, 0.2) is 16.6 Å². The highest BCUT2D eigenvalue weighted by molar-refractivity contribution is 7.14. The summed E-state index contributed by atoms with van der Waals surface area (Å²) in [6.07, 6.45) is 0. The van der Waals surface area contributed by atoms with Crippen molar-refractivity contribution in [1.82, 2.24) is 4.98 Å². The summed E-state index contributed by atoms with van der Waals surface area (Å²) < 4.78 is 16.1. The molecule has 146 valence electrons. The molecule has 1 aromatic heterocycles. The SMILES string of the molecule is COc1cc(-c2csc(NC(=O)Nc3ccc(C)cc3)n2)cc(OC)c1OC. The normalized spacial score (nSPS) is 10.3. The number of methoxy groups -OCH3 is 3. The van der Waals surface area contributed by atoms with Crippen molar-refractivity contribution in [3.05, 3.63) is 47.3 Å². The molecule has 0 fully saturated rings. The van der Waals surface area contributed by atoms with Crippen LogP contribution in [0.1, 0.15) is 5.56 Å². The van der Waals surface area contributed by atoms with E-state index in [2.05, 4.69) is 15.6 Å². The molecule has 0 aliphatic rings. The van der Waals surface area contributed by atoms with Gasteiger partial charge in [-0.3, -0.25) is 5.32 Å². The molecule has 2 aromatic carbocycles. The maximum absolute atomic E-state index is 12.2. The first-order valence-electron chi connectivity index (χ1n) is 8.44. The first kappa shape index (κ1) is 19.5. The van der Waals surface area contributed by atoms with Gasteiger partial charge in [-0.15, -0.1) is 11.3 Å². The van der Waals surface area contributed by atoms with E-state index in [9.17, 15) is 4.79 Å². The molecule has 0 saturated heterocycles. The van der Waals surface area contributed by atoms with E-state index >= 15 is 0 Å². The molecule has 0 bridgehead atoms. The van der Waals surface area contributed by atoms with E-state index in [-0.39, 0.29) is 6.03 Å². The highest BCUT2D eigenvalue weighted by atomic mass is 32.1. The van der Waals surface area contributed by atoms with Gasteiger partial charge >= 0.3 is 6.03 Å². The number of amides is 2. The van der Waals surface area contributed by atoms with Crippen LogP contribution >= 0.6 is 11.3 Å². The van der Waals surface area contributed by atoms with Crippen LogP contribution in [0.25, 0.3) is 11.3 Å². The van der Waals surface area contributed by atoms with Gasteiger partial charge in [0, 0.05) is 16.6 Å². The fourth-order valence-corrected chi connectivity index (χ4v) is 3.30. The number of anilines is 2. The molecular weight excluding hydrogens is 378 g/mol. The van der Waals surface area contributed by atoms with Crippen LogP contribution in [0.5, 0.6) is 17.2 Å². The number of hydrogen-bond acceptors (Lipinski definition) is 6. The summed E-state index contributed by atoms with van der Waals surface area (Å²) in [6.45, 7) is 1.99. The highest BCUT2D eigenvalue weighted by Crippen LogP contribution is 2.41. The number of benzene rings is 2. The largest absolute Gasteiger partial charge is 0.493 e. The Morgan fingerprint density at radius 3 is 2.18 bits per heavy atom. The molecule has 0 atom stereocenters. The number of aromatic nitrogens is 1. The number of carbonyl (C=O) groups excluding carboxylic acids is 1. The van der Waals surface area contributed by atoms with Crippen molar-refractivity contribution < 1.29 is 19.0 Å². The van der Waals surface area contributed by atoms with Crippen molar-refractivity contribution in [3.63, 3.8) is 0 Å². The zero-order valence-electron chi connectivity index (χ0n) is 16.0. The third-order valence-corrected chi connectivity index (χ3v) is 4.75. The van der Waals surface area contributed by atoms with Gasteiger partial charge in [-0.05, 0) is 31.2 Å². The summed E-state index contributed by atoms with van der Waals surface area (Å²) in [5.41, 5.74) is 3.32. The van der Waals surface area contributed by atoms with Gasteiger partial charge in [-0.25, -0.2) is 9.78 Å². The number of urea groups is 1. The minimum Gasteiger partial charge on any atom is -0.493 e. The smallest absolute Gasteiger partial charge is 0.325 e. The Bertz CT molecular complexity index is 945. The number of rotatable bonds is 6. The molecule has 0 saturated carbocycles. The molecule has 2 N–H and O–H groups in total. The van der Waals surface area contributed by atoms with Crippen molar-refractivity contribution in [2.45, 2.75) is 6.92 Å². The second-order valence-corrected chi connectivity index (χ2v) is 6.76. The lowest BCUT2D eigenvalue weighted by Gasteiger charge is -2.13. The fraction of sp³-hybridized carbons (Fsp3) is 0.200. The summed E-state index contributed by atoms with van der Waals surface area (Å²) in [5, 5.41) is 7.85. The molecule has 3 aromatic rings. The Hall–Kier alpha value is -3.26. The first-order valence-corrected chi connectivity index (χ1v) is 9.32. The zero-order valence-corrected chi connectivity index (χ0v) is 16.8. The third kappa shape index (κ3) is 4.34. The summed E-state index contributed by atoms with van der Waals surface area (Å²) in [6, 6.07) is 10.8. The number of nitrogens with zero attached hydrogens (tertiary/aromatic N) is 1. The van der Waals surface area contributed by atoms with Gasteiger partial charge in [-0.1, -0.05) is 17.7 Å². The van der Waals surface area contributed by atoms with Crippen molar-refractivity contribution in [3.8, 4) is 28.5 Å². The minimum absolute atomic E-state index is 0.352. The van der Waals surface area contributed by atoms with E-state index in [4.69, 9.17) is 14.2 Å². The van der Waals surface area contributed by atoms with Gasteiger partial charge < -0.3 is 19.5 Å². The Kier molecular flexibility index (Phi) is 6.00. The lowest BCUT2D eigenvalue weighted by atomic mass is 10.1. The molecule has 3 rings (SSSR count). The van der Waals surface area contributed by atoms with Gasteiger partial charge in [0.2, 0.25) is 5.75 Å². The molecule has 0 aliphatic heterocycles. The fourth-order valence-electron chi connectivity index (χ4n) is 2.59. The number of nitrogens with one attached hydrogen (secondary N) is 2. The van der Waals surface area contributed by atoms with E-state index < -0.39 is 0 Å². The second kappa shape index (κ2) is 8.62. The van der Waals surface area contributed by atoms with Gasteiger partial charge in [-0.2, -0.15) is 0 Å². The highest BCUT2D eigenvalue weighted by Gasteiger charge is 2.16. The van der Waals surface area contributed by atoms with Crippen LogP contribution in [0.2, 0.25) is 0 Å². The van der Waals surface area contributed by atoms with Gasteiger partial charge in [0.05, 0.1) is 27.0 Å². The van der Waals surface area contributed by atoms with E-state index in [1.54, 1.807) is 21.3 Å². The number of thiazole rings is 1. The van der Waals surface area contributed by atoms with Crippen molar-refractivity contribution in [1.29, 1.82) is 0 Å². The molecule has 2 amide bonds. The van der Waals surface area contributed by atoms with E-state index in [1.165, 1.54) is 11.3 Å². The summed E-state index contributed by atoms with van der Waals surface area (Å²) in [7, 11) is 4.67. The quantitative estimate of drug-likeness (QED) is 0.623. The topological polar surface area (TPSA) is 81.7 Å². The van der Waals surface area contributed by atoms with Crippen molar-refractivity contribution in [2.75, 3.05) is 32.0 Å². The standard InChI is InChI=1S/C20H21N3O4S/c1-12-5-7-14(8-6-12)21-19(24)23-20-22-15(11-28-20)13-9-16(25-2)18(27-4)17(10-13)26-3/h5-11H,1-4H3,(H2,21,22,23,24). The minimum atomic E-state index is -0.352. The van der Waals surface area contributed by atoms with E-state index in [0.717, 1.165) is 11.1 Å². The predicted octanol–water partition coefficient (Wildman–Crippen LogP) is 4.79. The van der Waals surface area contributed by atoms with Crippen LogP contribution in [0.4, 0.5) is 15.6 Å². The van der Waals surface area contributed by atoms with Crippen LogP contribution in [0.15, 0.2) is 41.8 Å². The Labute approximate surface area is 167 Å². The number of carbonyl (C=O) groups is 1. The Balaban J connectivity index is 1.76. The lowest BCUT2D eigenvalue weighted by Crippen LogP contribution is -2.19. The predicted molar refractivity (Wildman–Crippen MR) is 111 cm³/mol. The van der Waals surface area contributed by atoms with Gasteiger partial charge in [0.25, 0.3) is 0 Å². The molecule has 28 heavy (non-hydrogen) atoms. The summed E-state index contributed by atoms with van der Waals surface area (Å²) in [4.78, 5) is 16.7. The average molecular weight is 399 g/mol. The Morgan fingerprint density at radius 1 is 0.964 bits per heavy atom. The van der Waals surface area contributed by atoms with Crippen LogP contribution in [-0.4, -0.2) is 32.3 Å². The first-order chi connectivity index (χ1) is 13.5. The van der Waals surface area contributed by atoms with Crippen molar-refractivity contribution >= 4 is 28.2 Å². The number of hydrogen-bond donors (Lipinski definition) is 2.